The maximum absolute atomic E-state index is 14.0. The number of piperidine rings is 1. The number of nitrogens with zero attached hydrogens (tertiary/aromatic N) is 2. The van der Waals surface area contributed by atoms with Crippen molar-refractivity contribution < 1.29 is 9.18 Å². The van der Waals surface area contributed by atoms with Gasteiger partial charge in [0.1, 0.15) is 6.17 Å². The quantitative estimate of drug-likeness (QED) is 0.886. The third-order valence-corrected chi connectivity index (χ3v) is 3.20. The van der Waals surface area contributed by atoms with Crippen LogP contribution < -0.4 is 10.2 Å². The molecule has 0 spiro atoms. The lowest BCUT2D eigenvalue weighted by Gasteiger charge is -2.36. The number of rotatable bonds is 3. The summed E-state index contributed by atoms with van der Waals surface area (Å²) < 4.78 is 14.0. The summed E-state index contributed by atoms with van der Waals surface area (Å²) in [5.41, 5.74) is 0.680. The molecule has 2 unspecified atom stereocenters. The first-order valence-electron chi connectivity index (χ1n) is 6.31. The van der Waals surface area contributed by atoms with Crippen molar-refractivity contribution in [2.24, 2.45) is 0 Å². The first kappa shape index (κ1) is 13.0. The zero-order valence-electron chi connectivity index (χ0n) is 10.5. The Kier molecular flexibility index (Phi) is 4.25. The van der Waals surface area contributed by atoms with Crippen LogP contribution in [0.3, 0.4) is 0 Å². The number of hydrogen-bond donors (Lipinski definition) is 1. The van der Waals surface area contributed by atoms with Crippen molar-refractivity contribution in [1.82, 2.24) is 10.3 Å². The van der Waals surface area contributed by atoms with Crippen molar-refractivity contribution >= 4 is 11.6 Å². The molecule has 1 saturated heterocycles. The highest BCUT2D eigenvalue weighted by atomic mass is 19.1. The fourth-order valence-electron chi connectivity index (χ4n) is 2.28. The molecule has 98 valence electrons. The van der Waals surface area contributed by atoms with Crippen molar-refractivity contribution in [3.8, 4) is 0 Å². The van der Waals surface area contributed by atoms with E-state index < -0.39 is 6.17 Å². The predicted octanol–water partition coefficient (Wildman–Crippen LogP) is 1.52. The van der Waals surface area contributed by atoms with Gasteiger partial charge in [-0.2, -0.15) is 0 Å². The van der Waals surface area contributed by atoms with Crippen LogP contribution in [0.5, 0.6) is 0 Å². The zero-order chi connectivity index (χ0) is 13.0. The lowest BCUT2D eigenvalue weighted by atomic mass is 10.0. The van der Waals surface area contributed by atoms with E-state index in [9.17, 15) is 9.18 Å². The highest BCUT2D eigenvalue weighted by molar-refractivity contribution is 5.93. The van der Waals surface area contributed by atoms with Gasteiger partial charge < -0.3 is 10.2 Å². The number of amides is 1. The van der Waals surface area contributed by atoms with Crippen molar-refractivity contribution in [3.05, 3.63) is 24.5 Å². The number of alkyl halides is 1. The summed E-state index contributed by atoms with van der Waals surface area (Å²) in [6.45, 7) is 2.83. The van der Waals surface area contributed by atoms with E-state index in [0.29, 0.717) is 25.1 Å². The largest absolute Gasteiger partial charge is 0.314 e. The summed E-state index contributed by atoms with van der Waals surface area (Å²) >= 11 is 0. The van der Waals surface area contributed by atoms with Crippen LogP contribution in [0.2, 0.25) is 0 Å². The molecule has 1 aliphatic rings. The van der Waals surface area contributed by atoms with E-state index in [-0.39, 0.29) is 11.9 Å². The lowest BCUT2D eigenvalue weighted by molar-refractivity contribution is -0.119. The number of nitrogens with one attached hydrogen (secondary N) is 1. The van der Waals surface area contributed by atoms with Gasteiger partial charge in [-0.3, -0.25) is 9.78 Å². The number of carbonyl (C=O) groups is 1. The van der Waals surface area contributed by atoms with Gasteiger partial charge in [0.15, 0.2) is 0 Å². The second-order valence-electron chi connectivity index (χ2n) is 4.40. The summed E-state index contributed by atoms with van der Waals surface area (Å²) in [7, 11) is 0. The molecule has 0 radical (unpaired) electrons. The highest BCUT2D eigenvalue weighted by Gasteiger charge is 2.33. The molecule has 2 rings (SSSR count). The number of carbonyl (C=O) groups excluding carboxylic acids is 1. The second kappa shape index (κ2) is 5.91. The van der Waals surface area contributed by atoms with E-state index in [4.69, 9.17) is 0 Å². The fraction of sp³-hybridized carbons (Fsp3) is 0.538. The molecule has 1 amide bonds. The molecule has 0 saturated carbocycles. The van der Waals surface area contributed by atoms with Crippen LogP contribution in [0.15, 0.2) is 24.5 Å². The Hall–Kier alpha value is -1.49. The lowest BCUT2D eigenvalue weighted by Crippen LogP contribution is -2.53. The predicted molar refractivity (Wildman–Crippen MR) is 68.2 cm³/mol. The SMILES string of the molecule is CCC(=O)N(c1cccnc1)C1CCNCC1F. The van der Waals surface area contributed by atoms with Crippen LogP contribution in [0, 0.1) is 0 Å². The number of pyridine rings is 1. The maximum atomic E-state index is 14.0. The monoisotopic (exact) mass is 251 g/mol. The molecule has 18 heavy (non-hydrogen) atoms. The highest BCUT2D eigenvalue weighted by Crippen LogP contribution is 2.23. The molecule has 5 heteroatoms. The van der Waals surface area contributed by atoms with Crippen molar-refractivity contribution in [2.45, 2.75) is 32.0 Å². The summed E-state index contributed by atoms with van der Waals surface area (Å²) in [6, 6.07) is 3.18. The Morgan fingerprint density at radius 1 is 1.67 bits per heavy atom. The van der Waals surface area contributed by atoms with Gasteiger partial charge in [-0.25, -0.2) is 4.39 Å². The van der Waals surface area contributed by atoms with E-state index in [1.807, 2.05) is 0 Å². The van der Waals surface area contributed by atoms with Crippen molar-refractivity contribution in [1.29, 1.82) is 0 Å². The summed E-state index contributed by atoms with van der Waals surface area (Å²) in [5.74, 6) is -0.0578. The van der Waals surface area contributed by atoms with Crippen LogP contribution in [-0.2, 0) is 4.79 Å². The minimum Gasteiger partial charge on any atom is -0.314 e. The zero-order valence-corrected chi connectivity index (χ0v) is 10.5. The minimum atomic E-state index is -1.03. The van der Waals surface area contributed by atoms with Crippen molar-refractivity contribution in [3.63, 3.8) is 0 Å². The maximum Gasteiger partial charge on any atom is 0.227 e. The van der Waals surface area contributed by atoms with E-state index >= 15 is 0 Å². The van der Waals surface area contributed by atoms with Gasteiger partial charge in [0.05, 0.1) is 17.9 Å². The van der Waals surface area contributed by atoms with E-state index in [0.717, 1.165) is 6.54 Å². The molecule has 1 fully saturated rings. The number of hydrogen-bond acceptors (Lipinski definition) is 3. The van der Waals surface area contributed by atoms with Crippen molar-refractivity contribution in [2.75, 3.05) is 18.0 Å². The third kappa shape index (κ3) is 2.67. The Morgan fingerprint density at radius 2 is 2.50 bits per heavy atom. The van der Waals surface area contributed by atoms with Gasteiger partial charge in [-0.05, 0) is 25.1 Å². The van der Waals surface area contributed by atoms with Gasteiger partial charge in [-0.1, -0.05) is 6.92 Å². The Balaban J connectivity index is 2.27. The average Bonchev–Trinajstić information content (AvgIpc) is 2.42. The van der Waals surface area contributed by atoms with Crippen LogP contribution in [0.1, 0.15) is 19.8 Å². The molecule has 1 aliphatic heterocycles. The van der Waals surface area contributed by atoms with Crippen LogP contribution in [0.4, 0.5) is 10.1 Å². The number of halogens is 1. The third-order valence-electron chi connectivity index (χ3n) is 3.20. The first-order chi connectivity index (χ1) is 8.74. The Bertz CT molecular complexity index is 398. The second-order valence-corrected chi connectivity index (χ2v) is 4.40. The minimum absolute atomic E-state index is 0.0578. The Morgan fingerprint density at radius 3 is 3.11 bits per heavy atom. The fourth-order valence-corrected chi connectivity index (χ4v) is 2.28. The van der Waals surface area contributed by atoms with E-state index in [1.165, 1.54) is 0 Å². The first-order valence-corrected chi connectivity index (χ1v) is 6.31. The summed E-state index contributed by atoms with van der Waals surface area (Å²) in [6.07, 6.45) is 3.22. The molecule has 0 bridgehead atoms. The molecular weight excluding hydrogens is 233 g/mol. The molecule has 1 aromatic heterocycles. The van der Waals surface area contributed by atoms with Gasteiger partial charge in [0.25, 0.3) is 0 Å². The Labute approximate surface area is 106 Å². The topological polar surface area (TPSA) is 45.2 Å². The molecule has 0 aliphatic carbocycles. The summed E-state index contributed by atoms with van der Waals surface area (Å²) in [4.78, 5) is 17.6. The average molecular weight is 251 g/mol. The van der Waals surface area contributed by atoms with Gasteiger partial charge in [-0.15, -0.1) is 0 Å². The normalized spacial score (nSPS) is 23.7. The molecule has 1 aromatic rings. The standard InChI is InChI=1S/C13H18FN3O/c1-2-13(18)17(10-4-3-6-15-8-10)12-5-7-16-9-11(12)14/h3-4,6,8,11-12,16H,2,5,7,9H2,1H3. The van der Waals surface area contributed by atoms with Crippen LogP contribution in [-0.4, -0.2) is 36.2 Å². The van der Waals surface area contributed by atoms with E-state index in [2.05, 4.69) is 10.3 Å². The number of aromatic nitrogens is 1. The molecule has 1 N–H and O–H groups in total. The van der Waals surface area contributed by atoms with Gasteiger partial charge >= 0.3 is 0 Å². The molecule has 0 aromatic carbocycles. The van der Waals surface area contributed by atoms with Gasteiger partial charge in [0, 0.05) is 19.2 Å². The smallest absolute Gasteiger partial charge is 0.227 e. The molecular formula is C13H18FN3O. The van der Waals surface area contributed by atoms with E-state index in [1.54, 1.807) is 36.4 Å². The van der Waals surface area contributed by atoms with Crippen LogP contribution in [0.25, 0.3) is 0 Å². The molecule has 2 heterocycles. The van der Waals surface area contributed by atoms with Gasteiger partial charge in [0.2, 0.25) is 5.91 Å². The molecule has 2 atom stereocenters. The number of anilines is 1. The summed E-state index contributed by atoms with van der Waals surface area (Å²) in [5, 5.41) is 3.00. The molecule has 4 nitrogen and oxygen atoms in total. The van der Waals surface area contributed by atoms with Crippen LogP contribution >= 0.6 is 0 Å².